The highest BCUT2D eigenvalue weighted by Crippen LogP contribution is 2.45. The number of ether oxygens (including phenoxy) is 1. The topological polar surface area (TPSA) is 78.8 Å². The van der Waals surface area contributed by atoms with Crippen molar-refractivity contribution >= 4 is 17.2 Å². The molecule has 3 atom stereocenters. The Labute approximate surface area is 189 Å². The van der Waals surface area contributed by atoms with Crippen LogP contribution in [0.25, 0.3) is 5.57 Å². The number of rotatable bonds is 6. The van der Waals surface area contributed by atoms with Gasteiger partial charge in [-0.2, -0.15) is 0 Å². The maximum atomic E-state index is 12.6. The molecule has 1 aromatic carbocycles. The van der Waals surface area contributed by atoms with E-state index < -0.39 is 0 Å². The third-order valence-electron chi connectivity index (χ3n) is 6.62. The molecule has 0 saturated heterocycles. The highest BCUT2D eigenvalue weighted by atomic mass is 16.5. The molecule has 0 radical (unpaired) electrons. The minimum Gasteiger partial charge on any atom is -0.455 e. The van der Waals surface area contributed by atoms with Gasteiger partial charge in [0.05, 0.1) is 12.3 Å². The van der Waals surface area contributed by atoms with E-state index in [1.807, 2.05) is 4.90 Å². The second-order valence-electron chi connectivity index (χ2n) is 8.57. The molecule has 32 heavy (non-hydrogen) atoms. The molecule has 1 aromatic heterocycles. The molecule has 0 fully saturated rings. The van der Waals surface area contributed by atoms with E-state index in [1.54, 1.807) is 25.4 Å². The highest BCUT2D eigenvalue weighted by Gasteiger charge is 2.41. The molecule has 4 rings (SSSR count). The minimum absolute atomic E-state index is 0.0421. The number of carbonyl (C=O) groups is 1. The number of hydrogen-bond donors (Lipinski definition) is 1. The van der Waals surface area contributed by atoms with Crippen LogP contribution in [-0.4, -0.2) is 58.2 Å². The number of carbonyl (C=O) groups excluding carboxylic acids is 1. The monoisotopic (exact) mass is 436 g/mol. The molecule has 1 amide bonds. The molecule has 0 saturated carbocycles. The van der Waals surface area contributed by atoms with Crippen molar-refractivity contribution in [3.63, 3.8) is 0 Å². The third-order valence-corrected chi connectivity index (χ3v) is 6.62. The van der Waals surface area contributed by atoms with Crippen molar-refractivity contribution in [2.75, 3.05) is 31.1 Å². The summed E-state index contributed by atoms with van der Waals surface area (Å²) >= 11 is 0. The predicted molar refractivity (Wildman–Crippen MR) is 124 cm³/mol. The van der Waals surface area contributed by atoms with E-state index in [9.17, 15) is 9.90 Å². The Morgan fingerprint density at radius 2 is 2.06 bits per heavy atom. The summed E-state index contributed by atoms with van der Waals surface area (Å²) in [5.41, 5.74) is 4.35. The van der Waals surface area contributed by atoms with Crippen LogP contribution >= 0.6 is 0 Å². The van der Waals surface area contributed by atoms with Crippen molar-refractivity contribution in [2.24, 2.45) is 5.92 Å². The van der Waals surface area contributed by atoms with Crippen LogP contribution in [0, 0.1) is 5.92 Å². The molecule has 0 spiro atoms. The summed E-state index contributed by atoms with van der Waals surface area (Å²) in [5.74, 6) is 0.125. The number of benzene rings is 1. The van der Waals surface area contributed by atoms with E-state index in [0.29, 0.717) is 12.6 Å². The van der Waals surface area contributed by atoms with E-state index in [4.69, 9.17) is 4.74 Å². The molecule has 7 heteroatoms. The van der Waals surface area contributed by atoms with Gasteiger partial charge in [0, 0.05) is 56.5 Å². The van der Waals surface area contributed by atoms with Crippen molar-refractivity contribution in [3.8, 4) is 6.01 Å². The normalized spacial score (nSPS) is 23.4. The molecule has 7 nitrogen and oxygen atoms in total. The fourth-order valence-corrected chi connectivity index (χ4v) is 5.01. The molecule has 2 aromatic rings. The number of aromatic nitrogens is 2. The van der Waals surface area contributed by atoms with Gasteiger partial charge in [-0.25, -0.2) is 9.97 Å². The van der Waals surface area contributed by atoms with Crippen LogP contribution in [0.15, 0.2) is 42.7 Å². The van der Waals surface area contributed by atoms with Crippen LogP contribution < -0.4 is 9.64 Å². The van der Waals surface area contributed by atoms with Crippen LogP contribution in [0.5, 0.6) is 6.01 Å². The Hall–Kier alpha value is -2.77. The number of β-amino-alcohol motifs (C(OH)–C–C–N with tert-alkyl or cyclic N) is 1. The number of amides is 1. The second kappa shape index (κ2) is 9.79. The van der Waals surface area contributed by atoms with Crippen molar-refractivity contribution < 1.29 is 14.6 Å². The Bertz CT molecular complexity index is 978. The first-order valence-corrected chi connectivity index (χ1v) is 11.4. The van der Waals surface area contributed by atoms with Crippen LogP contribution in [-0.2, 0) is 4.79 Å². The summed E-state index contributed by atoms with van der Waals surface area (Å²) in [4.78, 5) is 25.4. The summed E-state index contributed by atoms with van der Waals surface area (Å²) in [6, 6.07) is 8.51. The molecule has 3 heterocycles. The first-order valence-electron chi connectivity index (χ1n) is 11.4. The number of hydrogen-bond acceptors (Lipinski definition) is 6. The molecule has 0 bridgehead atoms. The van der Waals surface area contributed by atoms with Gasteiger partial charge in [-0.05, 0) is 42.2 Å². The zero-order valence-corrected chi connectivity index (χ0v) is 19.1. The Morgan fingerprint density at radius 3 is 2.69 bits per heavy atom. The molecular weight excluding hydrogens is 404 g/mol. The van der Waals surface area contributed by atoms with Gasteiger partial charge in [-0.1, -0.05) is 26.0 Å². The molecule has 0 aliphatic carbocycles. The van der Waals surface area contributed by atoms with Gasteiger partial charge in [0.2, 0.25) is 5.91 Å². The van der Waals surface area contributed by atoms with Crippen molar-refractivity contribution in [3.05, 3.63) is 53.9 Å². The Kier molecular flexibility index (Phi) is 6.86. The smallest absolute Gasteiger partial charge is 0.316 e. The lowest BCUT2D eigenvalue weighted by Crippen LogP contribution is -2.49. The van der Waals surface area contributed by atoms with Crippen LogP contribution in [0.3, 0.4) is 0 Å². The third kappa shape index (κ3) is 4.40. The lowest BCUT2D eigenvalue weighted by Gasteiger charge is -2.44. The van der Waals surface area contributed by atoms with Gasteiger partial charge in [0.25, 0.3) is 0 Å². The highest BCUT2D eigenvalue weighted by molar-refractivity contribution is 5.94. The summed E-state index contributed by atoms with van der Waals surface area (Å²) in [6.07, 6.45) is 7.11. The molecule has 170 valence electrons. The second-order valence-corrected chi connectivity index (χ2v) is 8.57. The minimum atomic E-state index is -0.247. The molecule has 1 N–H and O–H groups in total. The Balaban J connectivity index is 1.74. The average Bonchev–Trinajstić information content (AvgIpc) is 2.81. The molecule has 3 unspecified atom stereocenters. The largest absolute Gasteiger partial charge is 0.455 e. The lowest BCUT2D eigenvalue weighted by molar-refractivity contribution is -0.117. The lowest BCUT2D eigenvalue weighted by atomic mass is 9.81. The van der Waals surface area contributed by atoms with Crippen molar-refractivity contribution in [1.29, 1.82) is 0 Å². The van der Waals surface area contributed by atoms with Gasteiger partial charge in [0.1, 0.15) is 6.10 Å². The number of fused-ring (bicyclic) bond motifs is 1. The standard InChI is InChI=1S/C25H32N4O3/c1-4-22-17(2)24(32-25-26-10-5-11-27-25)21-16-20(6-7-23(21)29(22)18(3)31)19-8-12-28(13-9-19)14-15-30/h5-8,10-11,16-17,22,24,30H,4,9,12-15H2,1-3H3. The van der Waals surface area contributed by atoms with E-state index in [2.05, 4.69) is 53.0 Å². The fraction of sp³-hybridized carbons (Fsp3) is 0.480. The SMILES string of the molecule is CCC1C(C)C(Oc2ncccn2)c2cc(C3=CCN(CCO)CC3)ccc2N1C(C)=O. The van der Waals surface area contributed by atoms with E-state index >= 15 is 0 Å². The zero-order chi connectivity index (χ0) is 22.7. The van der Waals surface area contributed by atoms with E-state index in [-0.39, 0.29) is 30.6 Å². The first-order chi connectivity index (χ1) is 15.5. The number of aliphatic hydroxyl groups is 1. The Morgan fingerprint density at radius 1 is 1.28 bits per heavy atom. The van der Waals surface area contributed by atoms with Gasteiger partial charge >= 0.3 is 6.01 Å². The fourth-order valence-electron chi connectivity index (χ4n) is 5.01. The van der Waals surface area contributed by atoms with Crippen LogP contribution in [0.1, 0.15) is 50.8 Å². The van der Waals surface area contributed by atoms with E-state index in [1.165, 1.54) is 5.57 Å². The van der Waals surface area contributed by atoms with Crippen molar-refractivity contribution in [1.82, 2.24) is 14.9 Å². The summed E-state index contributed by atoms with van der Waals surface area (Å²) in [5, 5.41) is 9.20. The number of aliphatic hydroxyl groups excluding tert-OH is 1. The molecule has 2 aliphatic heterocycles. The van der Waals surface area contributed by atoms with E-state index in [0.717, 1.165) is 42.7 Å². The van der Waals surface area contributed by atoms with Crippen LogP contribution in [0.4, 0.5) is 5.69 Å². The zero-order valence-electron chi connectivity index (χ0n) is 19.1. The molecular formula is C25H32N4O3. The van der Waals surface area contributed by atoms with Gasteiger partial charge in [0.15, 0.2) is 0 Å². The van der Waals surface area contributed by atoms with Gasteiger partial charge in [-0.3, -0.25) is 9.69 Å². The summed E-state index contributed by atoms with van der Waals surface area (Å²) in [7, 11) is 0. The van der Waals surface area contributed by atoms with Crippen molar-refractivity contribution in [2.45, 2.75) is 45.8 Å². The van der Waals surface area contributed by atoms with Gasteiger partial charge < -0.3 is 14.7 Å². The van der Waals surface area contributed by atoms with Gasteiger partial charge in [-0.15, -0.1) is 0 Å². The maximum absolute atomic E-state index is 12.6. The average molecular weight is 437 g/mol. The summed E-state index contributed by atoms with van der Waals surface area (Å²) in [6.45, 7) is 8.52. The summed E-state index contributed by atoms with van der Waals surface area (Å²) < 4.78 is 6.33. The first kappa shape index (κ1) is 22.4. The van der Waals surface area contributed by atoms with Crippen LogP contribution in [0.2, 0.25) is 0 Å². The number of anilines is 1. The quantitative estimate of drug-likeness (QED) is 0.747. The predicted octanol–water partition coefficient (Wildman–Crippen LogP) is 3.46. The number of nitrogens with zero attached hydrogens (tertiary/aromatic N) is 4. The maximum Gasteiger partial charge on any atom is 0.316 e. The molecule has 2 aliphatic rings.